The molecule has 0 aliphatic heterocycles. The summed E-state index contributed by atoms with van der Waals surface area (Å²) in [6, 6.07) is 0. The van der Waals surface area contributed by atoms with Crippen molar-refractivity contribution in [2.75, 3.05) is 19.8 Å². The Kier molecular flexibility index (Phi) is 7.05. The van der Waals surface area contributed by atoms with Crippen LogP contribution in [0.15, 0.2) is 34.6 Å². The molecule has 0 spiro atoms. The number of rotatable bonds is 7. The summed E-state index contributed by atoms with van der Waals surface area (Å²) in [5.41, 5.74) is 5.34. The Bertz CT molecular complexity index is 374. The first-order valence-corrected chi connectivity index (χ1v) is 6.28. The van der Waals surface area contributed by atoms with E-state index in [0.717, 1.165) is 6.42 Å². The largest absolute Gasteiger partial charge is 0.493 e. The van der Waals surface area contributed by atoms with Crippen molar-refractivity contribution in [1.82, 2.24) is 0 Å². The summed E-state index contributed by atoms with van der Waals surface area (Å²) in [6.45, 7) is 1.23. The van der Waals surface area contributed by atoms with Crippen molar-refractivity contribution in [3.8, 4) is 0 Å². The average molecular weight is 292 g/mol. The van der Waals surface area contributed by atoms with Crippen molar-refractivity contribution in [1.29, 1.82) is 0 Å². The molecule has 2 N–H and O–H groups in total. The molecule has 1 rings (SSSR count). The maximum Gasteiger partial charge on any atom is 0.192 e. The highest BCUT2D eigenvalue weighted by molar-refractivity contribution is 6.55. The number of hydrogen-bond donors (Lipinski definition) is 1. The summed E-state index contributed by atoms with van der Waals surface area (Å²) in [5.74, 6) is 0.360. The van der Waals surface area contributed by atoms with Gasteiger partial charge in [0.05, 0.1) is 13.2 Å². The molecule has 100 valence electrons. The van der Waals surface area contributed by atoms with Gasteiger partial charge in [-0.3, -0.25) is 4.79 Å². The fourth-order valence-corrected chi connectivity index (χ4v) is 1.39. The monoisotopic (exact) mass is 291 g/mol. The SMILES string of the molecule is NCCCOC1=CC(=O)C(OCC=C(Cl)Cl)C=C1. The molecule has 0 bridgehead atoms. The lowest BCUT2D eigenvalue weighted by molar-refractivity contribution is -0.122. The minimum Gasteiger partial charge on any atom is -0.493 e. The molecule has 4 nitrogen and oxygen atoms in total. The van der Waals surface area contributed by atoms with E-state index in [9.17, 15) is 4.79 Å². The van der Waals surface area contributed by atoms with Crippen molar-refractivity contribution >= 4 is 29.0 Å². The van der Waals surface area contributed by atoms with Gasteiger partial charge >= 0.3 is 0 Å². The first-order valence-electron chi connectivity index (χ1n) is 5.53. The predicted molar refractivity (Wildman–Crippen MR) is 71.4 cm³/mol. The van der Waals surface area contributed by atoms with Gasteiger partial charge in [-0.25, -0.2) is 0 Å². The Morgan fingerprint density at radius 1 is 1.50 bits per heavy atom. The summed E-state index contributed by atoms with van der Waals surface area (Å²) >= 11 is 10.9. The number of carbonyl (C=O) groups excluding carboxylic acids is 1. The zero-order chi connectivity index (χ0) is 13.4. The van der Waals surface area contributed by atoms with Gasteiger partial charge in [0.1, 0.15) is 16.4 Å². The van der Waals surface area contributed by atoms with Crippen LogP contribution in [0.4, 0.5) is 0 Å². The molecule has 0 aromatic carbocycles. The Hall–Kier alpha value is -0.810. The summed E-state index contributed by atoms with van der Waals surface area (Å²) in [6.07, 6.45) is 6.35. The standard InChI is InChI=1S/C12H15Cl2NO3/c13-12(14)4-7-18-11-3-2-9(8-10(11)16)17-6-1-5-15/h2-4,8,11H,1,5-7,15H2. The lowest BCUT2D eigenvalue weighted by Gasteiger charge is -2.15. The fraction of sp³-hybridized carbons (Fsp3) is 0.417. The molecule has 0 aromatic heterocycles. The molecule has 0 amide bonds. The molecule has 0 saturated carbocycles. The Morgan fingerprint density at radius 2 is 2.28 bits per heavy atom. The van der Waals surface area contributed by atoms with E-state index in [1.54, 1.807) is 12.2 Å². The van der Waals surface area contributed by atoms with Gasteiger partial charge in [-0.05, 0) is 31.2 Å². The highest BCUT2D eigenvalue weighted by Gasteiger charge is 2.18. The molecular weight excluding hydrogens is 277 g/mol. The second kappa shape index (κ2) is 8.32. The molecule has 0 aromatic rings. The van der Waals surface area contributed by atoms with Crippen LogP contribution in [-0.4, -0.2) is 31.6 Å². The lowest BCUT2D eigenvalue weighted by Crippen LogP contribution is -2.23. The van der Waals surface area contributed by atoms with Crippen LogP contribution >= 0.6 is 23.2 Å². The van der Waals surface area contributed by atoms with Crippen molar-refractivity contribution in [3.63, 3.8) is 0 Å². The van der Waals surface area contributed by atoms with Crippen LogP contribution in [0, 0.1) is 0 Å². The summed E-state index contributed by atoms with van der Waals surface area (Å²) in [5, 5.41) is 0. The van der Waals surface area contributed by atoms with E-state index in [4.69, 9.17) is 38.4 Å². The number of ether oxygens (including phenoxy) is 2. The third-order valence-corrected chi connectivity index (χ3v) is 2.44. The van der Waals surface area contributed by atoms with Crippen LogP contribution in [0.25, 0.3) is 0 Å². The van der Waals surface area contributed by atoms with Crippen LogP contribution < -0.4 is 5.73 Å². The molecule has 1 unspecified atom stereocenters. The van der Waals surface area contributed by atoms with Crippen LogP contribution in [0.1, 0.15) is 6.42 Å². The summed E-state index contributed by atoms with van der Waals surface area (Å²) < 4.78 is 10.7. The fourth-order valence-electron chi connectivity index (χ4n) is 1.26. The van der Waals surface area contributed by atoms with Gasteiger partial charge in [-0.1, -0.05) is 23.2 Å². The number of hydrogen-bond acceptors (Lipinski definition) is 4. The summed E-state index contributed by atoms with van der Waals surface area (Å²) in [7, 11) is 0. The average Bonchev–Trinajstić information content (AvgIpc) is 2.32. The number of allylic oxidation sites excluding steroid dienone is 1. The van der Waals surface area contributed by atoms with Crippen molar-refractivity contribution in [2.45, 2.75) is 12.5 Å². The van der Waals surface area contributed by atoms with Crippen LogP contribution in [-0.2, 0) is 14.3 Å². The maximum atomic E-state index is 11.7. The van der Waals surface area contributed by atoms with Gasteiger partial charge in [-0.15, -0.1) is 0 Å². The molecular formula is C12H15Cl2NO3. The number of ketones is 1. The number of nitrogens with two attached hydrogens (primary N) is 1. The highest BCUT2D eigenvalue weighted by atomic mass is 35.5. The van der Waals surface area contributed by atoms with Crippen LogP contribution in [0.5, 0.6) is 0 Å². The van der Waals surface area contributed by atoms with Crippen molar-refractivity contribution < 1.29 is 14.3 Å². The van der Waals surface area contributed by atoms with Crippen LogP contribution in [0.2, 0.25) is 0 Å². The quantitative estimate of drug-likeness (QED) is 0.730. The number of carbonyl (C=O) groups is 1. The maximum absolute atomic E-state index is 11.7. The third kappa shape index (κ3) is 5.69. The van der Waals surface area contributed by atoms with Crippen molar-refractivity contribution in [3.05, 3.63) is 34.6 Å². The van der Waals surface area contributed by atoms with Crippen molar-refractivity contribution in [2.24, 2.45) is 5.73 Å². The molecule has 0 radical (unpaired) electrons. The predicted octanol–water partition coefficient (Wildman–Crippen LogP) is 2.08. The second-order valence-electron chi connectivity index (χ2n) is 3.55. The molecule has 0 heterocycles. The molecule has 0 saturated heterocycles. The molecule has 1 aliphatic carbocycles. The molecule has 18 heavy (non-hydrogen) atoms. The van der Waals surface area contributed by atoms with Gasteiger partial charge in [0.2, 0.25) is 0 Å². The minimum absolute atomic E-state index is 0.114. The minimum atomic E-state index is -0.615. The van der Waals surface area contributed by atoms with Gasteiger partial charge in [-0.2, -0.15) is 0 Å². The van der Waals surface area contributed by atoms with E-state index >= 15 is 0 Å². The smallest absolute Gasteiger partial charge is 0.192 e. The van der Waals surface area contributed by atoms with Gasteiger partial charge in [0.25, 0.3) is 0 Å². The Morgan fingerprint density at radius 3 is 2.89 bits per heavy atom. The first-order chi connectivity index (χ1) is 8.63. The highest BCUT2D eigenvalue weighted by Crippen LogP contribution is 2.13. The van der Waals surface area contributed by atoms with Gasteiger partial charge < -0.3 is 15.2 Å². The second-order valence-corrected chi connectivity index (χ2v) is 4.55. The molecule has 0 fully saturated rings. The van der Waals surface area contributed by atoms with E-state index in [0.29, 0.717) is 18.9 Å². The molecule has 1 aliphatic rings. The van der Waals surface area contributed by atoms with E-state index < -0.39 is 6.10 Å². The third-order valence-electron chi connectivity index (χ3n) is 2.13. The Labute approximate surface area is 116 Å². The lowest BCUT2D eigenvalue weighted by atomic mass is 10.1. The van der Waals surface area contributed by atoms with E-state index in [1.165, 1.54) is 12.2 Å². The van der Waals surface area contributed by atoms with Gasteiger partial charge in [0, 0.05) is 6.08 Å². The van der Waals surface area contributed by atoms with Gasteiger partial charge in [0.15, 0.2) is 5.78 Å². The number of halogens is 2. The van der Waals surface area contributed by atoms with E-state index in [-0.39, 0.29) is 16.9 Å². The topological polar surface area (TPSA) is 61.5 Å². The Balaban J connectivity index is 2.39. The molecule has 6 heteroatoms. The first kappa shape index (κ1) is 15.2. The van der Waals surface area contributed by atoms with Crippen LogP contribution in [0.3, 0.4) is 0 Å². The zero-order valence-electron chi connectivity index (χ0n) is 9.77. The summed E-state index contributed by atoms with van der Waals surface area (Å²) in [4.78, 5) is 11.7. The molecule has 1 atom stereocenters. The normalized spacial score (nSPS) is 18.5. The zero-order valence-corrected chi connectivity index (χ0v) is 11.3. The van der Waals surface area contributed by atoms with E-state index in [1.807, 2.05) is 0 Å². The van der Waals surface area contributed by atoms with E-state index in [2.05, 4.69) is 0 Å².